The van der Waals surface area contributed by atoms with Crippen LogP contribution in [0.25, 0.3) is 0 Å². The molecule has 1 aliphatic heterocycles. The molecule has 1 heterocycles. The molecule has 0 spiro atoms. The van der Waals surface area contributed by atoms with Crippen LogP contribution in [0.2, 0.25) is 0 Å². The summed E-state index contributed by atoms with van der Waals surface area (Å²) in [6, 6.07) is 0. The van der Waals surface area contributed by atoms with E-state index in [0.29, 0.717) is 12.0 Å². The lowest BCUT2D eigenvalue weighted by atomic mass is 9.73. The molecular weight excluding hydrogens is 270 g/mol. The molecule has 0 atom stereocenters. The molecule has 22 heavy (non-hydrogen) atoms. The average molecular weight is 299 g/mol. The van der Waals surface area contributed by atoms with E-state index in [9.17, 15) is 4.79 Å². The Hall–Kier alpha value is -1.57. The molecule has 0 bridgehead atoms. The van der Waals surface area contributed by atoms with Gasteiger partial charge in [0.2, 0.25) is 5.91 Å². The van der Waals surface area contributed by atoms with Crippen molar-refractivity contribution in [1.82, 2.24) is 4.90 Å². The van der Waals surface area contributed by atoms with Crippen LogP contribution in [-0.2, 0) is 4.79 Å². The van der Waals surface area contributed by atoms with Crippen LogP contribution in [0.5, 0.6) is 0 Å². The van der Waals surface area contributed by atoms with Gasteiger partial charge < -0.3 is 4.90 Å². The van der Waals surface area contributed by atoms with Gasteiger partial charge in [-0.05, 0) is 36.7 Å². The van der Waals surface area contributed by atoms with Crippen LogP contribution in [0.4, 0.5) is 0 Å². The van der Waals surface area contributed by atoms with E-state index >= 15 is 0 Å². The zero-order valence-corrected chi connectivity index (χ0v) is 13.9. The van der Waals surface area contributed by atoms with Gasteiger partial charge in [0, 0.05) is 18.7 Å². The lowest BCUT2D eigenvalue weighted by Crippen LogP contribution is -2.27. The van der Waals surface area contributed by atoms with E-state index in [1.54, 1.807) is 12.2 Å². The maximum absolute atomic E-state index is 12.5. The molecular formula is C20H29NO. The first kappa shape index (κ1) is 16.8. The molecule has 2 fully saturated rings. The number of rotatable bonds is 6. The summed E-state index contributed by atoms with van der Waals surface area (Å²) in [4.78, 5) is 14.4. The minimum absolute atomic E-state index is 0.205. The summed E-state index contributed by atoms with van der Waals surface area (Å²) in [7, 11) is 0. The molecule has 0 N–H and O–H groups in total. The highest BCUT2D eigenvalue weighted by Gasteiger charge is 2.29. The molecule has 0 radical (unpaired) electrons. The van der Waals surface area contributed by atoms with Crippen molar-refractivity contribution in [2.75, 3.05) is 13.1 Å². The third-order valence-corrected chi connectivity index (χ3v) is 5.08. The van der Waals surface area contributed by atoms with Crippen LogP contribution in [-0.4, -0.2) is 23.9 Å². The largest absolute Gasteiger partial charge is 0.334 e. The Morgan fingerprint density at radius 3 is 2.64 bits per heavy atom. The molecule has 0 aromatic rings. The van der Waals surface area contributed by atoms with Crippen molar-refractivity contribution in [2.45, 2.75) is 51.9 Å². The summed E-state index contributed by atoms with van der Waals surface area (Å²) >= 11 is 0. The van der Waals surface area contributed by atoms with Gasteiger partial charge in [-0.15, -0.1) is 0 Å². The number of allylic oxidation sites excluding steroid dienone is 3. The summed E-state index contributed by atoms with van der Waals surface area (Å²) in [6.45, 7) is 11.4. The smallest absolute Gasteiger partial charge is 0.249 e. The molecule has 2 nitrogen and oxygen atoms in total. The minimum Gasteiger partial charge on any atom is -0.334 e. The van der Waals surface area contributed by atoms with Gasteiger partial charge in [0.05, 0.1) is 0 Å². The number of nitrogens with zero attached hydrogens (tertiary/aromatic N) is 1. The number of carbonyl (C=O) groups excluding carboxylic acids is 1. The second kappa shape index (κ2) is 7.62. The third kappa shape index (κ3) is 4.22. The fourth-order valence-corrected chi connectivity index (χ4v) is 3.54. The van der Waals surface area contributed by atoms with Gasteiger partial charge in [-0.3, -0.25) is 4.79 Å². The Morgan fingerprint density at radius 2 is 2.00 bits per heavy atom. The maximum atomic E-state index is 12.5. The molecule has 1 amide bonds. The van der Waals surface area contributed by atoms with Crippen molar-refractivity contribution in [2.24, 2.45) is 5.41 Å². The fraction of sp³-hybridized carbons (Fsp3) is 0.550. The minimum atomic E-state index is 0.205. The highest BCUT2D eigenvalue weighted by atomic mass is 16.2. The Kier molecular flexibility index (Phi) is 5.82. The molecule has 1 saturated carbocycles. The first-order chi connectivity index (χ1) is 10.6. The van der Waals surface area contributed by atoms with Crippen LogP contribution in [0, 0.1) is 5.41 Å². The topological polar surface area (TPSA) is 20.3 Å². The monoisotopic (exact) mass is 299 g/mol. The first-order valence-corrected chi connectivity index (χ1v) is 8.50. The van der Waals surface area contributed by atoms with E-state index in [1.165, 1.54) is 32.1 Å². The van der Waals surface area contributed by atoms with Gasteiger partial charge in [0.25, 0.3) is 0 Å². The molecule has 2 aliphatic rings. The second-order valence-electron chi connectivity index (χ2n) is 6.96. The van der Waals surface area contributed by atoms with Crippen molar-refractivity contribution < 1.29 is 4.79 Å². The summed E-state index contributed by atoms with van der Waals surface area (Å²) < 4.78 is 0. The quantitative estimate of drug-likeness (QED) is 0.509. The van der Waals surface area contributed by atoms with Crippen LogP contribution in [0.15, 0.2) is 48.6 Å². The number of hydrogen-bond donors (Lipinski definition) is 0. The summed E-state index contributed by atoms with van der Waals surface area (Å²) in [5, 5.41) is 0. The number of amides is 1. The Balaban J connectivity index is 1.95. The SMILES string of the molecule is C=C/C=C(\C=C)CN1CC/C(=C\CC2(C)CCCCC2)C1=O. The Labute approximate surface area is 135 Å². The van der Waals surface area contributed by atoms with Gasteiger partial charge >= 0.3 is 0 Å². The van der Waals surface area contributed by atoms with Crippen LogP contribution < -0.4 is 0 Å². The molecule has 0 aromatic heterocycles. The van der Waals surface area contributed by atoms with Crippen LogP contribution in [0.1, 0.15) is 51.9 Å². The molecule has 0 aromatic carbocycles. The van der Waals surface area contributed by atoms with E-state index in [-0.39, 0.29) is 5.91 Å². The van der Waals surface area contributed by atoms with E-state index < -0.39 is 0 Å². The summed E-state index contributed by atoms with van der Waals surface area (Å²) in [6.07, 6.45) is 16.3. The molecule has 1 saturated heterocycles. The van der Waals surface area contributed by atoms with Crippen molar-refractivity contribution >= 4 is 5.91 Å². The Morgan fingerprint density at radius 1 is 1.27 bits per heavy atom. The highest BCUT2D eigenvalue weighted by molar-refractivity contribution is 5.95. The summed E-state index contributed by atoms with van der Waals surface area (Å²) in [5.41, 5.74) is 2.46. The van der Waals surface area contributed by atoms with Gasteiger partial charge in [0.1, 0.15) is 0 Å². The number of carbonyl (C=O) groups is 1. The predicted molar refractivity (Wildman–Crippen MR) is 93.6 cm³/mol. The predicted octanol–water partition coefficient (Wildman–Crippen LogP) is 4.80. The third-order valence-electron chi connectivity index (χ3n) is 5.08. The second-order valence-corrected chi connectivity index (χ2v) is 6.96. The zero-order valence-electron chi connectivity index (χ0n) is 13.9. The molecule has 2 rings (SSSR count). The van der Waals surface area contributed by atoms with Crippen molar-refractivity contribution in [3.63, 3.8) is 0 Å². The lowest BCUT2D eigenvalue weighted by molar-refractivity contribution is -0.124. The zero-order chi connectivity index (χ0) is 16.0. The van der Waals surface area contributed by atoms with E-state index in [2.05, 4.69) is 26.2 Å². The summed E-state index contributed by atoms with van der Waals surface area (Å²) in [5.74, 6) is 0.205. The maximum Gasteiger partial charge on any atom is 0.249 e. The van der Waals surface area contributed by atoms with Crippen molar-refractivity contribution in [1.29, 1.82) is 0 Å². The molecule has 0 unspecified atom stereocenters. The van der Waals surface area contributed by atoms with Gasteiger partial charge in [-0.25, -0.2) is 0 Å². The standard InChI is InChI=1S/C20H29NO/c1-4-9-17(5-2)16-21-15-11-18(19(21)22)10-14-20(3)12-7-6-8-13-20/h4-5,9-10H,1-2,6-8,11-16H2,3H3/b17-9+,18-10+. The highest BCUT2D eigenvalue weighted by Crippen LogP contribution is 2.39. The van der Waals surface area contributed by atoms with E-state index in [1.807, 2.05) is 11.0 Å². The van der Waals surface area contributed by atoms with Gasteiger partial charge in [-0.2, -0.15) is 0 Å². The van der Waals surface area contributed by atoms with Crippen molar-refractivity contribution in [3.8, 4) is 0 Å². The molecule has 2 heteroatoms. The average Bonchev–Trinajstić information content (AvgIpc) is 2.86. The molecule has 1 aliphatic carbocycles. The fourth-order valence-electron chi connectivity index (χ4n) is 3.54. The lowest BCUT2D eigenvalue weighted by Gasteiger charge is -2.32. The van der Waals surface area contributed by atoms with Crippen LogP contribution in [0.3, 0.4) is 0 Å². The van der Waals surface area contributed by atoms with Gasteiger partial charge in [0.15, 0.2) is 0 Å². The first-order valence-electron chi connectivity index (χ1n) is 8.50. The van der Waals surface area contributed by atoms with Crippen LogP contribution >= 0.6 is 0 Å². The number of likely N-dealkylation sites (tertiary alicyclic amines) is 1. The number of hydrogen-bond acceptors (Lipinski definition) is 1. The molecule has 120 valence electrons. The normalized spacial score (nSPS) is 23.9. The van der Waals surface area contributed by atoms with Crippen molar-refractivity contribution in [3.05, 3.63) is 48.6 Å². The van der Waals surface area contributed by atoms with E-state index in [4.69, 9.17) is 0 Å². The van der Waals surface area contributed by atoms with Gasteiger partial charge in [-0.1, -0.05) is 63.6 Å². The Bertz CT molecular complexity index is 492. The van der Waals surface area contributed by atoms with E-state index in [0.717, 1.165) is 30.5 Å².